The molecule has 1 rings (SSSR count). The SMILES string of the molecule is CCCNc1cc(N(CC)CC(N)=O)nc(SC)n1. The number of anilines is 2. The van der Waals surface area contributed by atoms with Gasteiger partial charge in [-0.05, 0) is 19.6 Å². The fourth-order valence-electron chi connectivity index (χ4n) is 1.55. The van der Waals surface area contributed by atoms with Crippen LogP contribution in [0.15, 0.2) is 11.2 Å². The Balaban J connectivity index is 2.99. The van der Waals surface area contributed by atoms with E-state index in [4.69, 9.17) is 5.73 Å². The predicted octanol–water partition coefficient (Wildman–Crippen LogP) is 1.33. The summed E-state index contributed by atoms with van der Waals surface area (Å²) in [6.45, 7) is 5.74. The number of thioether (sulfide) groups is 1. The van der Waals surface area contributed by atoms with Gasteiger partial charge in [0.1, 0.15) is 11.6 Å². The van der Waals surface area contributed by atoms with E-state index in [1.165, 1.54) is 11.8 Å². The van der Waals surface area contributed by atoms with Gasteiger partial charge >= 0.3 is 0 Å². The van der Waals surface area contributed by atoms with Crippen molar-refractivity contribution in [3.05, 3.63) is 6.07 Å². The predicted molar refractivity (Wildman–Crippen MR) is 79.7 cm³/mol. The van der Waals surface area contributed by atoms with Crippen LogP contribution in [0, 0.1) is 0 Å². The molecule has 0 unspecified atom stereocenters. The molecule has 0 aromatic carbocycles. The molecule has 0 aliphatic heterocycles. The lowest BCUT2D eigenvalue weighted by Crippen LogP contribution is -2.34. The molecular formula is C12H21N5OS. The maximum absolute atomic E-state index is 11.1. The maximum atomic E-state index is 11.1. The molecule has 0 aliphatic carbocycles. The number of nitrogens with one attached hydrogen (secondary N) is 1. The normalized spacial score (nSPS) is 10.3. The number of primary amides is 1. The van der Waals surface area contributed by atoms with Gasteiger partial charge in [0.2, 0.25) is 5.91 Å². The van der Waals surface area contributed by atoms with Gasteiger partial charge in [-0.25, -0.2) is 9.97 Å². The lowest BCUT2D eigenvalue weighted by Gasteiger charge is -2.21. The van der Waals surface area contributed by atoms with Gasteiger partial charge in [-0.2, -0.15) is 0 Å². The van der Waals surface area contributed by atoms with Crippen LogP contribution in [0.25, 0.3) is 0 Å². The lowest BCUT2D eigenvalue weighted by atomic mass is 10.4. The average molecular weight is 283 g/mol. The molecule has 0 radical (unpaired) electrons. The highest BCUT2D eigenvalue weighted by Crippen LogP contribution is 2.20. The van der Waals surface area contributed by atoms with Gasteiger partial charge < -0.3 is 16.0 Å². The summed E-state index contributed by atoms with van der Waals surface area (Å²) in [6.07, 6.45) is 2.94. The fourth-order valence-corrected chi connectivity index (χ4v) is 1.93. The molecule has 0 spiro atoms. The molecule has 1 amide bonds. The molecule has 106 valence electrons. The largest absolute Gasteiger partial charge is 0.370 e. The lowest BCUT2D eigenvalue weighted by molar-refractivity contribution is -0.116. The highest BCUT2D eigenvalue weighted by molar-refractivity contribution is 7.98. The number of nitrogens with zero attached hydrogens (tertiary/aromatic N) is 3. The Labute approximate surface area is 118 Å². The number of aromatic nitrogens is 2. The van der Waals surface area contributed by atoms with Gasteiger partial charge in [0, 0.05) is 19.2 Å². The molecule has 0 saturated carbocycles. The van der Waals surface area contributed by atoms with Gasteiger partial charge in [-0.15, -0.1) is 0 Å². The van der Waals surface area contributed by atoms with Crippen molar-refractivity contribution in [3.8, 4) is 0 Å². The highest BCUT2D eigenvalue weighted by Gasteiger charge is 2.12. The van der Waals surface area contributed by atoms with Gasteiger partial charge in [0.25, 0.3) is 0 Å². The number of hydrogen-bond donors (Lipinski definition) is 2. The fraction of sp³-hybridized carbons (Fsp3) is 0.583. The van der Waals surface area contributed by atoms with Gasteiger partial charge in [0.15, 0.2) is 5.16 Å². The van der Waals surface area contributed by atoms with Crippen LogP contribution < -0.4 is 16.0 Å². The Bertz CT molecular complexity index is 427. The van der Waals surface area contributed by atoms with Gasteiger partial charge in [-0.3, -0.25) is 4.79 Å². The molecule has 1 aromatic rings. The smallest absolute Gasteiger partial charge is 0.236 e. The quantitative estimate of drug-likeness (QED) is 0.553. The minimum absolute atomic E-state index is 0.161. The number of carbonyl (C=O) groups excluding carboxylic acids is 1. The van der Waals surface area contributed by atoms with E-state index in [1.54, 1.807) is 0 Å². The van der Waals surface area contributed by atoms with Crippen molar-refractivity contribution in [2.75, 3.05) is 36.1 Å². The summed E-state index contributed by atoms with van der Waals surface area (Å²) in [4.78, 5) is 21.7. The summed E-state index contributed by atoms with van der Waals surface area (Å²) < 4.78 is 0. The van der Waals surface area contributed by atoms with Crippen molar-refractivity contribution >= 4 is 29.3 Å². The molecule has 7 heteroatoms. The number of rotatable bonds is 8. The molecule has 19 heavy (non-hydrogen) atoms. The number of amides is 1. The Morgan fingerprint density at radius 3 is 2.74 bits per heavy atom. The molecule has 0 atom stereocenters. The van der Waals surface area contributed by atoms with Crippen molar-refractivity contribution < 1.29 is 4.79 Å². The first-order chi connectivity index (χ1) is 9.10. The average Bonchev–Trinajstić information content (AvgIpc) is 2.41. The van der Waals surface area contributed by atoms with Crippen LogP contribution in [-0.2, 0) is 4.79 Å². The number of hydrogen-bond acceptors (Lipinski definition) is 6. The van der Waals surface area contributed by atoms with Crippen molar-refractivity contribution in [1.29, 1.82) is 0 Å². The first-order valence-electron chi connectivity index (χ1n) is 6.30. The summed E-state index contributed by atoms with van der Waals surface area (Å²) in [5, 5.41) is 3.91. The van der Waals surface area contributed by atoms with E-state index >= 15 is 0 Å². The van der Waals surface area contributed by atoms with Crippen LogP contribution in [0.1, 0.15) is 20.3 Å². The minimum atomic E-state index is -0.366. The molecule has 0 fully saturated rings. The van der Waals surface area contributed by atoms with Crippen LogP contribution >= 0.6 is 11.8 Å². The van der Waals surface area contributed by atoms with Crippen LogP contribution in [0.2, 0.25) is 0 Å². The zero-order valence-corrected chi connectivity index (χ0v) is 12.5. The van der Waals surface area contributed by atoms with Gasteiger partial charge in [-0.1, -0.05) is 18.7 Å². The third-order valence-electron chi connectivity index (χ3n) is 2.48. The van der Waals surface area contributed by atoms with E-state index in [9.17, 15) is 4.79 Å². The molecule has 6 nitrogen and oxygen atoms in total. The van der Waals surface area contributed by atoms with E-state index in [2.05, 4.69) is 22.2 Å². The highest BCUT2D eigenvalue weighted by atomic mass is 32.2. The molecule has 0 bridgehead atoms. The molecule has 3 N–H and O–H groups in total. The summed E-state index contributed by atoms with van der Waals surface area (Å²) in [7, 11) is 0. The summed E-state index contributed by atoms with van der Waals surface area (Å²) in [6, 6.07) is 1.85. The molecule has 1 heterocycles. The molecule has 0 aliphatic rings. The minimum Gasteiger partial charge on any atom is -0.370 e. The van der Waals surface area contributed by atoms with Crippen molar-refractivity contribution in [2.45, 2.75) is 25.4 Å². The van der Waals surface area contributed by atoms with E-state index in [-0.39, 0.29) is 12.5 Å². The van der Waals surface area contributed by atoms with E-state index in [1.807, 2.05) is 24.1 Å². The number of nitrogens with two attached hydrogens (primary N) is 1. The van der Waals surface area contributed by atoms with Crippen LogP contribution in [0.5, 0.6) is 0 Å². The zero-order valence-electron chi connectivity index (χ0n) is 11.6. The monoisotopic (exact) mass is 283 g/mol. The van der Waals surface area contributed by atoms with Crippen molar-refractivity contribution in [1.82, 2.24) is 9.97 Å². The third-order valence-corrected chi connectivity index (χ3v) is 3.03. The van der Waals surface area contributed by atoms with E-state index in [0.717, 1.165) is 24.6 Å². The second-order valence-electron chi connectivity index (χ2n) is 4.01. The molecule has 1 aromatic heterocycles. The van der Waals surface area contributed by atoms with Crippen LogP contribution in [0.4, 0.5) is 11.6 Å². The number of likely N-dealkylation sites (N-methyl/N-ethyl adjacent to an activating group) is 1. The molecular weight excluding hydrogens is 262 g/mol. The van der Waals surface area contributed by atoms with Crippen LogP contribution in [0.3, 0.4) is 0 Å². The molecule has 0 saturated heterocycles. The Hall–Kier alpha value is -1.50. The number of carbonyl (C=O) groups is 1. The van der Waals surface area contributed by atoms with Crippen LogP contribution in [-0.4, -0.2) is 41.8 Å². The second kappa shape index (κ2) is 7.83. The summed E-state index contributed by atoms with van der Waals surface area (Å²) >= 11 is 1.47. The Morgan fingerprint density at radius 2 is 2.21 bits per heavy atom. The van der Waals surface area contributed by atoms with Crippen molar-refractivity contribution in [3.63, 3.8) is 0 Å². The second-order valence-corrected chi connectivity index (χ2v) is 4.78. The first kappa shape index (κ1) is 15.6. The topological polar surface area (TPSA) is 84.1 Å². The standard InChI is InChI=1S/C12H21N5OS/c1-4-6-14-10-7-11(16-12(15-10)19-3)17(5-2)8-9(13)18/h7H,4-6,8H2,1-3H3,(H2,13,18)(H,14,15,16). The van der Waals surface area contributed by atoms with Gasteiger partial charge in [0.05, 0.1) is 6.54 Å². The Kier molecular flexibility index (Phi) is 6.41. The third kappa shape index (κ3) is 4.94. The van der Waals surface area contributed by atoms with E-state index < -0.39 is 0 Å². The summed E-state index contributed by atoms with van der Waals surface area (Å²) in [5.74, 6) is 1.13. The van der Waals surface area contributed by atoms with E-state index in [0.29, 0.717) is 11.7 Å². The van der Waals surface area contributed by atoms with Crippen molar-refractivity contribution in [2.24, 2.45) is 5.73 Å². The first-order valence-corrected chi connectivity index (χ1v) is 7.53. The summed E-state index contributed by atoms with van der Waals surface area (Å²) in [5.41, 5.74) is 5.25. The zero-order chi connectivity index (χ0) is 14.3. The maximum Gasteiger partial charge on any atom is 0.236 e. The Morgan fingerprint density at radius 1 is 1.47 bits per heavy atom.